The van der Waals surface area contributed by atoms with Crippen molar-refractivity contribution in [1.82, 2.24) is 4.98 Å². The number of hydrogen-bond donors (Lipinski definition) is 2. The highest BCUT2D eigenvalue weighted by atomic mass is 16.4. The van der Waals surface area contributed by atoms with Crippen molar-refractivity contribution >= 4 is 6.01 Å². The highest BCUT2D eigenvalue weighted by molar-refractivity contribution is 5.27. The quantitative estimate of drug-likeness (QED) is 0.606. The molecular formula is C7H11N3O. The van der Waals surface area contributed by atoms with E-state index in [0.717, 1.165) is 24.3 Å². The second kappa shape index (κ2) is 2.23. The van der Waals surface area contributed by atoms with Gasteiger partial charge in [0.05, 0.1) is 5.69 Å². The number of nitrogen functional groups attached to an aromatic ring is 1. The molecule has 1 unspecified atom stereocenters. The van der Waals surface area contributed by atoms with Gasteiger partial charge in [-0.15, -0.1) is 0 Å². The average Bonchev–Trinajstić information content (AvgIpc) is 2.45. The summed E-state index contributed by atoms with van der Waals surface area (Å²) in [4.78, 5) is 4.07. The third-order valence-electron chi connectivity index (χ3n) is 2.14. The second-order valence-electron chi connectivity index (χ2n) is 2.83. The van der Waals surface area contributed by atoms with E-state index in [-0.39, 0.29) is 6.01 Å². The summed E-state index contributed by atoms with van der Waals surface area (Å²) in [6, 6.07) is 0.271. The number of oxazole rings is 1. The molecule has 4 heteroatoms. The van der Waals surface area contributed by atoms with Crippen molar-refractivity contribution in [2.75, 3.05) is 12.3 Å². The standard InChI is InChI=1S/C7H11N3O/c8-3-4-1-2-5-6(4)10-7(9)11-5/h4H,1-3,8H2,(H2,9,10). The number of aryl methyl sites for hydroxylation is 1. The summed E-state index contributed by atoms with van der Waals surface area (Å²) in [7, 11) is 0. The molecule has 0 aromatic carbocycles. The van der Waals surface area contributed by atoms with Crippen molar-refractivity contribution in [1.29, 1.82) is 0 Å². The SMILES string of the molecule is NCC1CCc2oc(N)nc21. The Balaban J connectivity index is 2.37. The molecule has 0 aliphatic heterocycles. The second-order valence-corrected chi connectivity index (χ2v) is 2.83. The van der Waals surface area contributed by atoms with E-state index >= 15 is 0 Å². The Hall–Kier alpha value is -1.03. The summed E-state index contributed by atoms with van der Waals surface area (Å²) in [6.07, 6.45) is 1.99. The molecule has 11 heavy (non-hydrogen) atoms. The van der Waals surface area contributed by atoms with Crippen molar-refractivity contribution in [3.63, 3.8) is 0 Å². The smallest absolute Gasteiger partial charge is 0.292 e. The Morgan fingerprint density at radius 3 is 3.18 bits per heavy atom. The maximum absolute atomic E-state index is 5.54. The minimum absolute atomic E-state index is 0.271. The zero-order valence-corrected chi connectivity index (χ0v) is 6.21. The van der Waals surface area contributed by atoms with Crippen LogP contribution < -0.4 is 11.5 Å². The summed E-state index contributed by atoms with van der Waals surface area (Å²) in [5.74, 6) is 1.30. The van der Waals surface area contributed by atoms with Crippen molar-refractivity contribution in [2.45, 2.75) is 18.8 Å². The molecule has 1 heterocycles. The summed E-state index contributed by atoms with van der Waals surface area (Å²) in [5.41, 5.74) is 11.9. The molecule has 0 saturated heterocycles. The number of rotatable bonds is 1. The van der Waals surface area contributed by atoms with Gasteiger partial charge in [-0.3, -0.25) is 0 Å². The van der Waals surface area contributed by atoms with E-state index in [2.05, 4.69) is 4.98 Å². The van der Waals surface area contributed by atoms with Gasteiger partial charge in [-0.2, -0.15) is 4.98 Å². The van der Waals surface area contributed by atoms with Crippen LogP contribution in [0, 0.1) is 0 Å². The highest BCUT2D eigenvalue weighted by Gasteiger charge is 2.26. The first-order chi connectivity index (χ1) is 5.31. The van der Waals surface area contributed by atoms with Gasteiger partial charge < -0.3 is 15.9 Å². The largest absolute Gasteiger partial charge is 0.429 e. The average molecular weight is 153 g/mol. The third kappa shape index (κ3) is 0.903. The molecule has 1 atom stereocenters. The molecular weight excluding hydrogens is 142 g/mol. The van der Waals surface area contributed by atoms with E-state index in [0.29, 0.717) is 12.5 Å². The van der Waals surface area contributed by atoms with Crippen molar-refractivity contribution in [3.8, 4) is 0 Å². The highest BCUT2D eigenvalue weighted by Crippen LogP contribution is 2.32. The molecule has 0 saturated carbocycles. The van der Waals surface area contributed by atoms with Gasteiger partial charge in [0.15, 0.2) is 0 Å². The first kappa shape index (κ1) is 6.67. The van der Waals surface area contributed by atoms with Crippen molar-refractivity contribution in [3.05, 3.63) is 11.5 Å². The summed E-state index contributed by atoms with van der Waals surface area (Å²) >= 11 is 0. The van der Waals surface area contributed by atoms with E-state index in [4.69, 9.17) is 15.9 Å². The van der Waals surface area contributed by atoms with Gasteiger partial charge in [0.1, 0.15) is 5.76 Å². The van der Waals surface area contributed by atoms with Crippen LogP contribution in [0.15, 0.2) is 4.42 Å². The number of anilines is 1. The normalized spacial score (nSPS) is 22.1. The minimum Gasteiger partial charge on any atom is -0.429 e. The van der Waals surface area contributed by atoms with Gasteiger partial charge >= 0.3 is 0 Å². The molecule has 0 spiro atoms. The van der Waals surface area contributed by atoms with E-state index in [1.165, 1.54) is 0 Å². The minimum atomic E-state index is 0.271. The molecule has 4 N–H and O–H groups in total. The Kier molecular flexibility index (Phi) is 1.35. The first-order valence-electron chi connectivity index (χ1n) is 3.76. The van der Waals surface area contributed by atoms with Crippen LogP contribution in [0.5, 0.6) is 0 Å². The molecule has 0 bridgehead atoms. The fraction of sp³-hybridized carbons (Fsp3) is 0.571. The lowest BCUT2D eigenvalue weighted by atomic mass is 10.1. The number of nitrogens with zero attached hydrogens (tertiary/aromatic N) is 1. The lowest BCUT2D eigenvalue weighted by molar-refractivity contribution is 0.524. The summed E-state index contributed by atoms with van der Waals surface area (Å²) in [5, 5.41) is 0. The van der Waals surface area contributed by atoms with Crippen LogP contribution in [0.25, 0.3) is 0 Å². The summed E-state index contributed by atoms with van der Waals surface area (Å²) < 4.78 is 5.17. The van der Waals surface area contributed by atoms with Gasteiger partial charge in [-0.05, 0) is 6.42 Å². The van der Waals surface area contributed by atoms with Gasteiger partial charge in [-0.25, -0.2) is 0 Å². The van der Waals surface area contributed by atoms with Crippen LogP contribution in [0.2, 0.25) is 0 Å². The zero-order valence-electron chi connectivity index (χ0n) is 6.21. The van der Waals surface area contributed by atoms with E-state index in [1.54, 1.807) is 0 Å². The lowest BCUT2D eigenvalue weighted by Crippen LogP contribution is -2.09. The molecule has 4 nitrogen and oxygen atoms in total. The molecule has 1 aliphatic carbocycles. The molecule has 0 fully saturated rings. The van der Waals surface area contributed by atoms with Crippen molar-refractivity contribution < 1.29 is 4.42 Å². The van der Waals surface area contributed by atoms with Gasteiger partial charge in [-0.1, -0.05) is 0 Å². The van der Waals surface area contributed by atoms with Crippen LogP contribution in [0.4, 0.5) is 6.01 Å². The van der Waals surface area contributed by atoms with Crippen LogP contribution in [0.1, 0.15) is 23.8 Å². The Morgan fingerprint density at radius 2 is 2.45 bits per heavy atom. The molecule has 60 valence electrons. The van der Waals surface area contributed by atoms with E-state index in [1.807, 2.05) is 0 Å². The summed E-state index contributed by atoms with van der Waals surface area (Å²) in [6.45, 7) is 0.638. The van der Waals surface area contributed by atoms with Gasteiger partial charge in [0, 0.05) is 18.9 Å². The molecule has 1 aliphatic rings. The maximum Gasteiger partial charge on any atom is 0.292 e. The number of hydrogen-bond acceptors (Lipinski definition) is 4. The first-order valence-corrected chi connectivity index (χ1v) is 3.76. The fourth-order valence-corrected chi connectivity index (χ4v) is 1.55. The monoisotopic (exact) mass is 153 g/mol. The molecule has 2 rings (SSSR count). The maximum atomic E-state index is 5.54. The lowest BCUT2D eigenvalue weighted by Gasteiger charge is -2.01. The van der Waals surface area contributed by atoms with Gasteiger partial charge in [0.25, 0.3) is 6.01 Å². The zero-order chi connectivity index (χ0) is 7.84. The number of nitrogens with two attached hydrogens (primary N) is 2. The Bertz CT molecular complexity index is 269. The molecule has 0 radical (unpaired) electrons. The Morgan fingerprint density at radius 1 is 1.64 bits per heavy atom. The van der Waals surface area contributed by atoms with Crippen LogP contribution in [0.3, 0.4) is 0 Å². The van der Waals surface area contributed by atoms with Crippen molar-refractivity contribution in [2.24, 2.45) is 5.73 Å². The topological polar surface area (TPSA) is 78.1 Å². The van der Waals surface area contributed by atoms with E-state index < -0.39 is 0 Å². The van der Waals surface area contributed by atoms with Crippen LogP contribution in [-0.4, -0.2) is 11.5 Å². The fourth-order valence-electron chi connectivity index (χ4n) is 1.55. The number of fused-ring (bicyclic) bond motifs is 1. The Labute approximate surface area is 64.6 Å². The molecule has 1 aromatic heterocycles. The van der Waals surface area contributed by atoms with E-state index in [9.17, 15) is 0 Å². The van der Waals surface area contributed by atoms with Gasteiger partial charge in [0.2, 0.25) is 0 Å². The van der Waals surface area contributed by atoms with Crippen LogP contribution in [-0.2, 0) is 6.42 Å². The number of aromatic nitrogens is 1. The van der Waals surface area contributed by atoms with Crippen LogP contribution >= 0.6 is 0 Å². The predicted molar refractivity (Wildman–Crippen MR) is 41.0 cm³/mol. The predicted octanol–water partition coefficient (Wildman–Crippen LogP) is 0.245. The molecule has 0 amide bonds. The molecule has 1 aromatic rings. The third-order valence-corrected chi connectivity index (χ3v) is 2.14.